The van der Waals surface area contributed by atoms with Gasteiger partial charge in [-0.2, -0.15) is 0 Å². The summed E-state index contributed by atoms with van der Waals surface area (Å²) in [6, 6.07) is 0. The molecule has 2 heteroatoms. The van der Waals surface area contributed by atoms with Crippen LogP contribution in [0.3, 0.4) is 0 Å². The zero-order valence-corrected chi connectivity index (χ0v) is 7.83. The molecule has 0 aromatic heterocycles. The third-order valence-electron chi connectivity index (χ3n) is 1.90. The van der Waals surface area contributed by atoms with Gasteiger partial charge in [-0.1, -0.05) is 32.1 Å². The molecule has 0 rings (SSSR count). The first-order valence-electron chi connectivity index (χ1n) is 4.12. The average Bonchev–Trinajstić information content (AvgIpc) is 2.13. The van der Waals surface area contributed by atoms with Crippen LogP contribution in [0.25, 0.3) is 0 Å². The molecule has 0 radical (unpaired) electrons. The van der Waals surface area contributed by atoms with Crippen molar-refractivity contribution in [3.63, 3.8) is 0 Å². The van der Waals surface area contributed by atoms with E-state index >= 15 is 0 Å². The van der Waals surface area contributed by atoms with Crippen LogP contribution in [0.5, 0.6) is 0 Å². The van der Waals surface area contributed by atoms with E-state index in [9.17, 15) is 0 Å². The van der Waals surface area contributed by atoms with Crippen LogP contribution in [0, 0.1) is 11.3 Å². The van der Waals surface area contributed by atoms with Crippen molar-refractivity contribution in [1.82, 2.24) is 0 Å². The molecular weight excluding hydrogens is 152 g/mol. The van der Waals surface area contributed by atoms with Gasteiger partial charge in [-0.3, -0.25) is 0 Å². The van der Waals surface area contributed by atoms with E-state index < -0.39 is 0 Å². The Morgan fingerprint density at radius 1 is 1.50 bits per heavy atom. The molecule has 2 atom stereocenters. The second-order valence-corrected chi connectivity index (χ2v) is 3.39. The molecule has 12 heavy (non-hydrogen) atoms. The molecule has 0 spiro atoms. The van der Waals surface area contributed by atoms with Crippen LogP contribution in [-0.2, 0) is 0 Å². The summed E-state index contributed by atoms with van der Waals surface area (Å²) in [5.41, 5.74) is -0.358. The topological polar surface area (TPSA) is 40.5 Å². The smallest absolute Gasteiger partial charge is 0.0554 e. The van der Waals surface area contributed by atoms with Crippen LogP contribution >= 0.6 is 0 Å². The summed E-state index contributed by atoms with van der Waals surface area (Å²) < 4.78 is 0. The minimum Gasteiger partial charge on any atom is -0.396 e. The normalized spacial score (nSPS) is 19.0. The molecule has 0 aromatic carbocycles. The van der Waals surface area contributed by atoms with E-state index in [1.54, 1.807) is 6.08 Å². The summed E-state index contributed by atoms with van der Waals surface area (Å²) in [6.45, 7) is 7.62. The van der Waals surface area contributed by atoms with Gasteiger partial charge in [0.25, 0.3) is 0 Å². The maximum Gasteiger partial charge on any atom is 0.0554 e. The van der Waals surface area contributed by atoms with Crippen molar-refractivity contribution in [3.05, 3.63) is 24.8 Å². The van der Waals surface area contributed by atoms with Gasteiger partial charge in [0.2, 0.25) is 0 Å². The summed E-state index contributed by atoms with van der Waals surface area (Å²) in [7, 11) is 0. The number of hydrogen-bond donors (Lipinski definition) is 2. The average molecular weight is 170 g/mol. The monoisotopic (exact) mass is 170 g/mol. The van der Waals surface area contributed by atoms with Gasteiger partial charge in [-0.05, 0) is 5.92 Å². The first-order valence-corrected chi connectivity index (χ1v) is 4.12. The highest BCUT2D eigenvalue weighted by Gasteiger charge is 2.14. The first-order chi connectivity index (χ1) is 5.58. The van der Waals surface area contributed by atoms with E-state index in [0.29, 0.717) is 0 Å². The minimum absolute atomic E-state index is 0.0468. The molecule has 2 N–H and O–H groups in total. The molecule has 2 nitrogen and oxygen atoms in total. The Balaban J connectivity index is 4.19. The predicted octanol–water partition coefficient (Wildman–Crippen LogP) is 1.36. The molecule has 0 bridgehead atoms. The zero-order chi connectivity index (χ0) is 9.61. The lowest BCUT2D eigenvalue weighted by molar-refractivity contribution is 0.218. The van der Waals surface area contributed by atoms with E-state index in [0.717, 1.165) is 0 Å². The lowest BCUT2D eigenvalue weighted by atomic mass is 9.90. The van der Waals surface area contributed by atoms with Crippen molar-refractivity contribution in [1.29, 1.82) is 0 Å². The van der Waals surface area contributed by atoms with Crippen molar-refractivity contribution in [2.24, 2.45) is 11.3 Å². The van der Waals surface area contributed by atoms with Gasteiger partial charge in [0.15, 0.2) is 0 Å². The highest BCUT2D eigenvalue weighted by molar-refractivity contribution is 5.07. The van der Waals surface area contributed by atoms with Crippen LogP contribution in [0.1, 0.15) is 13.8 Å². The zero-order valence-electron chi connectivity index (χ0n) is 7.83. The van der Waals surface area contributed by atoms with Gasteiger partial charge in [0, 0.05) is 12.0 Å². The Hall–Kier alpha value is -0.600. The van der Waals surface area contributed by atoms with Gasteiger partial charge in [0.1, 0.15) is 0 Å². The van der Waals surface area contributed by atoms with Crippen molar-refractivity contribution >= 4 is 0 Å². The Bertz CT molecular complexity index is 163. The van der Waals surface area contributed by atoms with Crippen LogP contribution in [0.2, 0.25) is 0 Å². The maximum atomic E-state index is 8.99. The first kappa shape index (κ1) is 11.4. The highest BCUT2D eigenvalue weighted by Crippen LogP contribution is 2.19. The second kappa shape index (κ2) is 5.12. The van der Waals surface area contributed by atoms with Crippen LogP contribution in [-0.4, -0.2) is 23.4 Å². The molecule has 0 aromatic rings. The van der Waals surface area contributed by atoms with E-state index in [2.05, 4.69) is 6.58 Å². The summed E-state index contributed by atoms with van der Waals surface area (Å²) in [4.78, 5) is 0. The molecule has 0 saturated heterocycles. The van der Waals surface area contributed by atoms with Crippen molar-refractivity contribution in [2.45, 2.75) is 13.8 Å². The Kier molecular flexibility index (Phi) is 4.86. The van der Waals surface area contributed by atoms with Crippen LogP contribution in [0.15, 0.2) is 24.8 Å². The van der Waals surface area contributed by atoms with Gasteiger partial charge in [-0.15, -0.1) is 6.58 Å². The molecule has 0 aliphatic rings. The summed E-state index contributed by atoms with van der Waals surface area (Å²) >= 11 is 0. The molecule has 0 amide bonds. The van der Waals surface area contributed by atoms with Crippen LogP contribution in [0.4, 0.5) is 0 Å². The Morgan fingerprint density at radius 3 is 2.42 bits per heavy atom. The van der Waals surface area contributed by atoms with E-state index in [1.807, 2.05) is 26.0 Å². The molecule has 0 fully saturated rings. The third-order valence-corrected chi connectivity index (χ3v) is 1.90. The van der Waals surface area contributed by atoms with E-state index in [1.165, 1.54) is 0 Å². The van der Waals surface area contributed by atoms with Crippen LogP contribution < -0.4 is 0 Å². The van der Waals surface area contributed by atoms with Crippen molar-refractivity contribution in [2.75, 3.05) is 13.2 Å². The summed E-state index contributed by atoms with van der Waals surface area (Å²) in [5, 5.41) is 17.7. The van der Waals surface area contributed by atoms with E-state index in [-0.39, 0.29) is 24.5 Å². The lowest BCUT2D eigenvalue weighted by Gasteiger charge is -2.18. The van der Waals surface area contributed by atoms with E-state index in [4.69, 9.17) is 10.2 Å². The number of aliphatic hydroxyl groups excluding tert-OH is 2. The molecule has 0 aliphatic carbocycles. The fraction of sp³-hybridized carbons (Fsp3) is 0.600. The Morgan fingerprint density at radius 2 is 2.08 bits per heavy atom. The van der Waals surface area contributed by atoms with Gasteiger partial charge in [-0.25, -0.2) is 0 Å². The standard InChI is InChI=1S/C10H18O2/c1-4-10(3,8-12)6-5-9(2)7-11/h4-6,9,11-12H,1,7-8H2,2-3H3/b6-5+/t9-,10-/m0/s1. The SMILES string of the molecule is C=C[C@@](C)(/C=C/[C@H](C)CO)CO. The summed E-state index contributed by atoms with van der Waals surface area (Å²) in [6.07, 6.45) is 5.46. The van der Waals surface area contributed by atoms with Crippen molar-refractivity contribution < 1.29 is 10.2 Å². The fourth-order valence-corrected chi connectivity index (χ4v) is 0.630. The molecule has 0 aliphatic heterocycles. The molecule has 0 heterocycles. The summed E-state index contributed by atoms with van der Waals surface area (Å²) in [5.74, 6) is 0.135. The van der Waals surface area contributed by atoms with Gasteiger partial charge >= 0.3 is 0 Å². The highest BCUT2D eigenvalue weighted by atomic mass is 16.3. The number of rotatable bonds is 5. The largest absolute Gasteiger partial charge is 0.396 e. The molecule has 70 valence electrons. The Labute approximate surface area is 74.2 Å². The predicted molar refractivity (Wildman–Crippen MR) is 50.8 cm³/mol. The molecule has 0 saturated carbocycles. The maximum absolute atomic E-state index is 8.99. The third kappa shape index (κ3) is 3.69. The van der Waals surface area contributed by atoms with Gasteiger partial charge in [0.05, 0.1) is 6.61 Å². The minimum atomic E-state index is -0.358. The second-order valence-electron chi connectivity index (χ2n) is 3.39. The van der Waals surface area contributed by atoms with Crippen molar-refractivity contribution in [3.8, 4) is 0 Å². The molecular formula is C10H18O2. The number of hydrogen-bond acceptors (Lipinski definition) is 2. The fourth-order valence-electron chi connectivity index (χ4n) is 0.630. The number of aliphatic hydroxyl groups is 2. The molecule has 0 unspecified atom stereocenters. The lowest BCUT2D eigenvalue weighted by Crippen LogP contribution is -2.15. The quantitative estimate of drug-likeness (QED) is 0.611. The van der Waals surface area contributed by atoms with Gasteiger partial charge < -0.3 is 10.2 Å².